The molecule has 0 unspecified atom stereocenters. The Labute approximate surface area is 139 Å². The number of alkyl halides is 3. The molecule has 0 atom stereocenters. The van der Waals surface area contributed by atoms with Crippen molar-refractivity contribution in [2.75, 3.05) is 0 Å². The standard InChI is InChI=1S/C14H10Cl2F4N2O/c1-6(2)23-10-3-7(9(17)4-8(10)15)12-11(16)13(14(18,19)20)22-5-21-12/h3-6H,1-2H3. The van der Waals surface area contributed by atoms with E-state index in [2.05, 4.69) is 9.97 Å². The maximum Gasteiger partial charge on any atom is 0.434 e. The van der Waals surface area contributed by atoms with Crippen LogP contribution in [0.2, 0.25) is 10.0 Å². The van der Waals surface area contributed by atoms with Crippen LogP contribution in [0.15, 0.2) is 18.5 Å². The lowest BCUT2D eigenvalue weighted by Gasteiger charge is -2.15. The lowest BCUT2D eigenvalue weighted by molar-refractivity contribution is -0.141. The third kappa shape index (κ3) is 3.84. The molecule has 0 spiro atoms. The number of benzene rings is 1. The molecule has 0 N–H and O–H groups in total. The van der Waals surface area contributed by atoms with Crippen molar-refractivity contribution in [3.8, 4) is 17.0 Å². The molecule has 0 amide bonds. The van der Waals surface area contributed by atoms with Crippen molar-refractivity contribution in [2.24, 2.45) is 0 Å². The van der Waals surface area contributed by atoms with Gasteiger partial charge in [-0.15, -0.1) is 0 Å². The predicted molar refractivity (Wildman–Crippen MR) is 78.2 cm³/mol. The van der Waals surface area contributed by atoms with Crippen molar-refractivity contribution in [3.63, 3.8) is 0 Å². The number of aromatic nitrogens is 2. The molecule has 0 fully saturated rings. The van der Waals surface area contributed by atoms with E-state index in [-0.39, 0.29) is 22.4 Å². The third-order valence-electron chi connectivity index (χ3n) is 2.70. The highest BCUT2D eigenvalue weighted by molar-refractivity contribution is 6.34. The van der Waals surface area contributed by atoms with Crippen molar-refractivity contribution >= 4 is 23.2 Å². The molecule has 0 aliphatic rings. The van der Waals surface area contributed by atoms with Crippen molar-refractivity contribution < 1.29 is 22.3 Å². The van der Waals surface area contributed by atoms with Gasteiger partial charge in [0.05, 0.1) is 21.8 Å². The number of nitrogens with zero attached hydrogens (tertiary/aromatic N) is 2. The highest BCUT2D eigenvalue weighted by Gasteiger charge is 2.37. The summed E-state index contributed by atoms with van der Waals surface area (Å²) in [4.78, 5) is 6.76. The molecule has 1 heterocycles. The second kappa shape index (κ2) is 6.49. The number of rotatable bonds is 3. The summed E-state index contributed by atoms with van der Waals surface area (Å²) in [6.07, 6.45) is -4.38. The van der Waals surface area contributed by atoms with E-state index in [9.17, 15) is 17.6 Å². The molecule has 0 aliphatic carbocycles. The van der Waals surface area contributed by atoms with E-state index in [0.29, 0.717) is 6.33 Å². The molecule has 23 heavy (non-hydrogen) atoms. The van der Waals surface area contributed by atoms with Crippen LogP contribution in [-0.4, -0.2) is 16.1 Å². The molecule has 0 saturated carbocycles. The Balaban J connectivity index is 2.63. The first-order valence-electron chi connectivity index (χ1n) is 6.35. The van der Waals surface area contributed by atoms with Crippen LogP contribution in [0, 0.1) is 5.82 Å². The fourth-order valence-corrected chi connectivity index (χ4v) is 2.31. The van der Waals surface area contributed by atoms with Crippen LogP contribution in [0.1, 0.15) is 19.5 Å². The number of halogens is 6. The lowest BCUT2D eigenvalue weighted by Crippen LogP contribution is -2.10. The van der Waals surface area contributed by atoms with Gasteiger partial charge in [0.1, 0.15) is 17.9 Å². The van der Waals surface area contributed by atoms with E-state index < -0.39 is 28.4 Å². The molecule has 9 heteroatoms. The second-order valence-corrected chi connectivity index (χ2v) is 5.60. The zero-order chi connectivity index (χ0) is 17.4. The fraction of sp³-hybridized carbons (Fsp3) is 0.286. The number of ether oxygens (including phenoxy) is 1. The van der Waals surface area contributed by atoms with Gasteiger partial charge >= 0.3 is 6.18 Å². The van der Waals surface area contributed by atoms with Gasteiger partial charge in [-0.3, -0.25) is 0 Å². The smallest absolute Gasteiger partial charge is 0.434 e. The van der Waals surface area contributed by atoms with Crippen LogP contribution in [0.3, 0.4) is 0 Å². The quantitative estimate of drug-likeness (QED) is 0.680. The summed E-state index contributed by atoms with van der Waals surface area (Å²) in [6, 6.07) is 2.09. The van der Waals surface area contributed by atoms with Gasteiger partial charge in [0, 0.05) is 5.56 Å². The normalized spacial score (nSPS) is 11.9. The first-order chi connectivity index (χ1) is 10.6. The molecule has 2 aromatic rings. The lowest BCUT2D eigenvalue weighted by atomic mass is 10.1. The maximum atomic E-state index is 14.1. The van der Waals surface area contributed by atoms with Gasteiger partial charge in [0.25, 0.3) is 0 Å². The Hall–Kier alpha value is -1.60. The van der Waals surface area contributed by atoms with E-state index in [1.807, 2.05) is 0 Å². The second-order valence-electron chi connectivity index (χ2n) is 4.81. The topological polar surface area (TPSA) is 35.0 Å². The van der Waals surface area contributed by atoms with Crippen molar-refractivity contribution in [1.29, 1.82) is 0 Å². The summed E-state index contributed by atoms with van der Waals surface area (Å²) in [5, 5.41) is -0.808. The molecule has 1 aromatic heterocycles. The van der Waals surface area contributed by atoms with Gasteiger partial charge in [-0.2, -0.15) is 13.2 Å². The molecule has 3 nitrogen and oxygen atoms in total. The summed E-state index contributed by atoms with van der Waals surface area (Å²) in [5.74, 6) is -0.763. The molecule has 0 saturated heterocycles. The number of hydrogen-bond acceptors (Lipinski definition) is 3. The third-order valence-corrected chi connectivity index (χ3v) is 3.35. The van der Waals surface area contributed by atoms with E-state index in [4.69, 9.17) is 27.9 Å². The van der Waals surface area contributed by atoms with Gasteiger partial charge < -0.3 is 4.74 Å². The Bertz CT molecular complexity index is 735. The average Bonchev–Trinajstić information content (AvgIpc) is 2.41. The summed E-state index contributed by atoms with van der Waals surface area (Å²) in [6.45, 7) is 3.44. The summed E-state index contributed by atoms with van der Waals surface area (Å²) >= 11 is 11.6. The minimum atomic E-state index is -4.78. The highest BCUT2D eigenvalue weighted by atomic mass is 35.5. The molecular formula is C14H10Cl2F4N2O. The molecule has 0 bridgehead atoms. The molecule has 0 radical (unpaired) electrons. The fourth-order valence-electron chi connectivity index (χ4n) is 1.81. The van der Waals surface area contributed by atoms with Gasteiger partial charge in [-0.1, -0.05) is 23.2 Å². The average molecular weight is 369 g/mol. The van der Waals surface area contributed by atoms with Gasteiger partial charge in [0.2, 0.25) is 0 Å². The number of hydrogen-bond donors (Lipinski definition) is 0. The predicted octanol–water partition coefficient (Wildman–Crippen LogP) is 5.40. The van der Waals surface area contributed by atoms with E-state index in [1.165, 1.54) is 0 Å². The van der Waals surface area contributed by atoms with E-state index in [1.54, 1.807) is 13.8 Å². The minimum absolute atomic E-state index is 0.0128. The molecule has 0 aliphatic heterocycles. The van der Waals surface area contributed by atoms with Crippen LogP contribution in [0.5, 0.6) is 5.75 Å². The van der Waals surface area contributed by atoms with Gasteiger partial charge in [-0.05, 0) is 26.0 Å². The van der Waals surface area contributed by atoms with Crippen LogP contribution in [-0.2, 0) is 6.18 Å². The molecule has 1 aromatic carbocycles. The summed E-state index contributed by atoms with van der Waals surface area (Å²) < 4.78 is 58.1. The zero-order valence-corrected chi connectivity index (χ0v) is 13.4. The SMILES string of the molecule is CC(C)Oc1cc(-c2ncnc(C(F)(F)F)c2Cl)c(F)cc1Cl. The Morgan fingerprint density at radius 3 is 2.35 bits per heavy atom. The minimum Gasteiger partial charge on any atom is -0.489 e. The molecule has 2 rings (SSSR count). The van der Waals surface area contributed by atoms with E-state index in [0.717, 1.165) is 12.1 Å². The van der Waals surface area contributed by atoms with Crippen molar-refractivity contribution in [2.45, 2.75) is 26.1 Å². The highest BCUT2D eigenvalue weighted by Crippen LogP contribution is 2.40. The van der Waals surface area contributed by atoms with Crippen molar-refractivity contribution in [1.82, 2.24) is 9.97 Å². The van der Waals surface area contributed by atoms with Crippen LogP contribution < -0.4 is 4.74 Å². The monoisotopic (exact) mass is 368 g/mol. The summed E-state index contributed by atoms with van der Waals surface area (Å²) in [7, 11) is 0. The Morgan fingerprint density at radius 2 is 1.78 bits per heavy atom. The van der Waals surface area contributed by atoms with Crippen molar-refractivity contribution in [3.05, 3.63) is 40.0 Å². The molecule has 124 valence electrons. The Kier molecular flexibility index (Phi) is 5.01. The van der Waals surface area contributed by atoms with Crippen LogP contribution >= 0.6 is 23.2 Å². The zero-order valence-electron chi connectivity index (χ0n) is 11.9. The molecular weight excluding hydrogens is 359 g/mol. The first-order valence-corrected chi connectivity index (χ1v) is 7.10. The first kappa shape index (κ1) is 17.7. The Morgan fingerprint density at radius 1 is 1.13 bits per heavy atom. The van der Waals surface area contributed by atoms with Gasteiger partial charge in [-0.25, -0.2) is 14.4 Å². The van der Waals surface area contributed by atoms with Crippen LogP contribution in [0.25, 0.3) is 11.3 Å². The largest absolute Gasteiger partial charge is 0.489 e. The maximum absolute atomic E-state index is 14.1. The van der Waals surface area contributed by atoms with E-state index >= 15 is 0 Å². The summed E-state index contributed by atoms with van der Waals surface area (Å²) in [5.41, 5.74) is -2.00. The van der Waals surface area contributed by atoms with Crippen LogP contribution in [0.4, 0.5) is 17.6 Å². The van der Waals surface area contributed by atoms with Gasteiger partial charge in [0.15, 0.2) is 5.69 Å².